The Hall–Kier alpha value is -1.32. The first-order valence-electron chi connectivity index (χ1n) is 4.96. The SMILES string of the molecule is CCCc1nc(NC)c(C)c(NC)n1. The minimum Gasteiger partial charge on any atom is -0.373 e. The monoisotopic (exact) mass is 194 g/mol. The molecule has 0 aliphatic rings. The number of nitrogens with one attached hydrogen (secondary N) is 2. The molecule has 0 bridgehead atoms. The summed E-state index contributed by atoms with van der Waals surface area (Å²) >= 11 is 0. The van der Waals surface area contributed by atoms with Gasteiger partial charge in [-0.1, -0.05) is 6.92 Å². The maximum Gasteiger partial charge on any atom is 0.134 e. The fourth-order valence-electron chi connectivity index (χ4n) is 1.39. The maximum absolute atomic E-state index is 4.43. The molecular formula is C10H18N4. The Balaban J connectivity index is 3.11. The molecule has 0 unspecified atom stereocenters. The first-order chi connectivity index (χ1) is 6.72. The predicted octanol–water partition coefficient (Wildman–Crippen LogP) is 1.82. The molecule has 0 spiro atoms. The van der Waals surface area contributed by atoms with Gasteiger partial charge in [-0.2, -0.15) is 0 Å². The van der Waals surface area contributed by atoms with E-state index >= 15 is 0 Å². The van der Waals surface area contributed by atoms with Crippen molar-refractivity contribution in [1.29, 1.82) is 0 Å². The normalized spacial score (nSPS) is 10.0. The van der Waals surface area contributed by atoms with Gasteiger partial charge in [0.05, 0.1) is 0 Å². The van der Waals surface area contributed by atoms with E-state index in [9.17, 15) is 0 Å². The molecule has 4 nitrogen and oxygen atoms in total. The Morgan fingerprint density at radius 1 is 1.07 bits per heavy atom. The van der Waals surface area contributed by atoms with Crippen LogP contribution in [0.5, 0.6) is 0 Å². The van der Waals surface area contributed by atoms with Crippen molar-refractivity contribution >= 4 is 11.6 Å². The average Bonchev–Trinajstić information content (AvgIpc) is 2.20. The van der Waals surface area contributed by atoms with Gasteiger partial charge in [-0.05, 0) is 13.3 Å². The molecule has 0 saturated carbocycles. The third kappa shape index (κ3) is 2.13. The Morgan fingerprint density at radius 3 is 1.93 bits per heavy atom. The molecule has 0 atom stereocenters. The molecule has 1 rings (SSSR count). The lowest BCUT2D eigenvalue weighted by atomic mass is 10.2. The molecule has 0 fully saturated rings. The number of rotatable bonds is 4. The second kappa shape index (κ2) is 4.79. The van der Waals surface area contributed by atoms with E-state index in [0.29, 0.717) is 0 Å². The van der Waals surface area contributed by atoms with Crippen LogP contribution in [0.15, 0.2) is 0 Å². The molecule has 0 radical (unpaired) electrons. The molecule has 0 amide bonds. The molecule has 0 aliphatic heterocycles. The highest BCUT2D eigenvalue weighted by Crippen LogP contribution is 2.19. The van der Waals surface area contributed by atoms with E-state index in [4.69, 9.17) is 0 Å². The van der Waals surface area contributed by atoms with Gasteiger partial charge in [0.2, 0.25) is 0 Å². The minimum absolute atomic E-state index is 0.895. The van der Waals surface area contributed by atoms with Crippen molar-refractivity contribution in [3.8, 4) is 0 Å². The van der Waals surface area contributed by atoms with Crippen LogP contribution in [-0.2, 0) is 6.42 Å². The van der Waals surface area contributed by atoms with Crippen molar-refractivity contribution in [3.05, 3.63) is 11.4 Å². The smallest absolute Gasteiger partial charge is 0.134 e. The molecular weight excluding hydrogens is 176 g/mol. The number of hydrogen-bond donors (Lipinski definition) is 2. The van der Waals surface area contributed by atoms with Crippen molar-refractivity contribution < 1.29 is 0 Å². The van der Waals surface area contributed by atoms with Gasteiger partial charge in [-0.25, -0.2) is 9.97 Å². The number of aryl methyl sites for hydroxylation is 1. The van der Waals surface area contributed by atoms with Gasteiger partial charge in [0.1, 0.15) is 17.5 Å². The zero-order valence-electron chi connectivity index (χ0n) is 9.31. The maximum atomic E-state index is 4.43. The van der Waals surface area contributed by atoms with Crippen LogP contribution in [0.3, 0.4) is 0 Å². The number of aromatic nitrogens is 2. The number of nitrogens with zero attached hydrogens (tertiary/aromatic N) is 2. The molecule has 14 heavy (non-hydrogen) atoms. The molecule has 0 saturated heterocycles. The van der Waals surface area contributed by atoms with Gasteiger partial charge in [0.15, 0.2) is 0 Å². The fraction of sp³-hybridized carbons (Fsp3) is 0.600. The van der Waals surface area contributed by atoms with Gasteiger partial charge in [0, 0.05) is 26.1 Å². The number of hydrogen-bond acceptors (Lipinski definition) is 4. The molecule has 1 heterocycles. The van der Waals surface area contributed by atoms with E-state index in [2.05, 4.69) is 27.5 Å². The zero-order valence-corrected chi connectivity index (χ0v) is 9.31. The van der Waals surface area contributed by atoms with E-state index in [1.165, 1.54) is 0 Å². The van der Waals surface area contributed by atoms with Crippen molar-refractivity contribution in [1.82, 2.24) is 9.97 Å². The largest absolute Gasteiger partial charge is 0.373 e. The second-order valence-electron chi connectivity index (χ2n) is 3.21. The quantitative estimate of drug-likeness (QED) is 0.767. The van der Waals surface area contributed by atoms with Gasteiger partial charge in [-0.3, -0.25) is 0 Å². The summed E-state index contributed by atoms with van der Waals surface area (Å²) in [6, 6.07) is 0. The van der Waals surface area contributed by atoms with Gasteiger partial charge in [0.25, 0.3) is 0 Å². The topological polar surface area (TPSA) is 49.8 Å². The second-order valence-corrected chi connectivity index (χ2v) is 3.21. The Kier molecular flexibility index (Phi) is 3.68. The first-order valence-corrected chi connectivity index (χ1v) is 4.96. The molecule has 0 aliphatic carbocycles. The highest BCUT2D eigenvalue weighted by atomic mass is 15.1. The van der Waals surface area contributed by atoms with Crippen LogP contribution < -0.4 is 10.6 Å². The van der Waals surface area contributed by atoms with Crippen LogP contribution in [-0.4, -0.2) is 24.1 Å². The van der Waals surface area contributed by atoms with E-state index in [-0.39, 0.29) is 0 Å². The summed E-state index contributed by atoms with van der Waals surface area (Å²) in [6.45, 7) is 4.13. The van der Waals surface area contributed by atoms with Crippen LogP contribution in [0.2, 0.25) is 0 Å². The Bertz CT molecular complexity index is 284. The van der Waals surface area contributed by atoms with Crippen LogP contribution in [0.4, 0.5) is 11.6 Å². The van der Waals surface area contributed by atoms with Gasteiger partial charge < -0.3 is 10.6 Å². The third-order valence-corrected chi connectivity index (χ3v) is 2.14. The average molecular weight is 194 g/mol. The minimum atomic E-state index is 0.895. The zero-order chi connectivity index (χ0) is 10.6. The summed E-state index contributed by atoms with van der Waals surface area (Å²) in [7, 11) is 3.76. The molecule has 2 N–H and O–H groups in total. The lowest BCUT2D eigenvalue weighted by Gasteiger charge is -2.11. The molecule has 4 heteroatoms. The molecule has 78 valence electrons. The lowest BCUT2D eigenvalue weighted by Crippen LogP contribution is -2.07. The highest BCUT2D eigenvalue weighted by Gasteiger charge is 2.07. The summed E-state index contributed by atoms with van der Waals surface area (Å²) in [5, 5.41) is 6.16. The van der Waals surface area contributed by atoms with Crippen molar-refractivity contribution in [2.24, 2.45) is 0 Å². The summed E-state index contributed by atoms with van der Waals surface area (Å²) in [5.41, 5.74) is 1.06. The Labute approximate surface area is 85.2 Å². The van der Waals surface area contributed by atoms with Gasteiger partial charge in [-0.15, -0.1) is 0 Å². The fourth-order valence-corrected chi connectivity index (χ4v) is 1.39. The van der Waals surface area contributed by atoms with E-state index in [0.717, 1.165) is 35.9 Å². The molecule has 0 aromatic carbocycles. The third-order valence-electron chi connectivity index (χ3n) is 2.14. The molecule has 1 aromatic heterocycles. The summed E-state index contributed by atoms with van der Waals surface area (Å²) < 4.78 is 0. The van der Waals surface area contributed by atoms with Crippen molar-refractivity contribution in [2.75, 3.05) is 24.7 Å². The Morgan fingerprint density at radius 2 is 1.57 bits per heavy atom. The number of anilines is 2. The van der Waals surface area contributed by atoms with Crippen LogP contribution >= 0.6 is 0 Å². The van der Waals surface area contributed by atoms with Crippen molar-refractivity contribution in [3.63, 3.8) is 0 Å². The first kappa shape index (κ1) is 10.8. The summed E-state index contributed by atoms with van der Waals surface area (Å²) in [4.78, 5) is 8.85. The van der Waals surface area contributed by atoms with Gasteiger partial charge >= 0.3 is 0 Å². The highest BCUT2D eigenvalue weighted by molar-refractivity contribution is 5.56. The van der Waals surface area contributed by atoms with E-state index < -0.39 is 0 Å². The molecule has 1 aromatic rings. The standard InChI is InChI=1S/C10H18N4/c1-5-6-8-13-9(11-3)7(2)10(12-4)14-8/h5-6H2,1-4H3,(H2,11,12,13,14). The summed E-state index contributed by atoms with van der Waals surface area (Å²) in [6.07, 6.45) is 1.99. The lowest BCUT2D eigenvalue weighted by molar-refractivity contribution is 0.834. The summed E-state index contributed by atoms with van der Waals surface area (Å²) in [5.74, 6) is 2.72. The predicted molar refractivity (Wildman–Crippen MR) is 59.9 cm³/mol. The van der Waals surface area contributed by atoms with Crippen molar-refractivity contribution in [2.45, 2.75) is 26.7 Å². The van der Waals surface area contributed by atoms with Crippen LogP contribution in [0.1, 0.15) is 24.7 Å². The van der Waals surface area contributed by atoms with E-state index in [1.54, 1.807) is 0 Å². The van der Waals surface area contributed by atoms with Crippen LogP contribution in [0.25, 0.3) is 0 Å². The van der Waals surface area contributed by atoms with Crippen LogP contribution in [0, 0.1) is 6.92 Å². The van der Waals surface area contributed by atoms with E-state index in [1.807, 2.05) is 21.0 Å².